The largest absolute Gasteiger partial charge is 0.375 e. The predicted octanol–water partition coefficient (Wildman–Crippen LogP) is 2.42. The van der Waals surface area contributed by atoms with Crippen LogP contribution in [0.1, 0.15) is 25.7 Å². The molecule has 18 heavy (non-hydrogen) atoms. The second-order valence-corrected chi connectivity index (χ2v) is 4.62. The molecule has 1 fully saturated rings. The van der Waals surface area contributed by atoms with Crippen molar-refractivity contribution in [1.29, 1.82) is 0 Å². The maximum absolute atomic E-state index is 13.0. The number of nitrogens with one attached hydrogen (secondary N) is 1. The number of hydrogen-bond donors (Lipinski definition) is 2. The monoisotopic (exact) mass is 253 g/mol. The molecule has 0 amide bonds. The summed E-state index contributed by atoms with van der Waals surface area (Å²) in [7, 11) is 0. The fourth-order valence-electron chi connectivity index (χ4n) is 2.32. The van der Waals surface area contributed by atoms with Gasteiger partial charge in [0.2, 0.25) is 0 Å². The summed E-state index contributed by atoms with van der Waals surface area (Å²) in [4.78, 5) is 10.3. The molecule has 0 unspecified atom stereocenters. The zero-order valence-corrected chi connectivity index (χ0v) is 9.93. The second kappa shape index (κ2) is 5.30. The molecule has 1 aromatic rings. The summed E-state index contributed by atoms with van der Waals surface area (Å²) in [6, 6.07) is 3.54. The fraction of sp³-hybridized carbons (Fsp3) is 0.500. The number of nitro benzene ring substituents is 1. The molecule has 0 radical (unpaired) electrons. The van der Waals surface area contributed by atoms with Gasteiger partial charge in [-0.05, 0) is 25.0 Å². The second-order valence-electron chi connectivity index (χ2n) is 4.62. The fourth-order valence-corrected chi connectivity index (χ4v) is 2.32. The quantitative estimate of drug-likeness (QED) is 0.640. The third kappa shape index (κ3) is 2.76. The lowest BCUT2D eigenvalue weighted by Crippen LogP contribution is -2.42. The van der Waals surface area contributed by atoms with Crippen molar-refractivity contribution in [2.45, 2.75) is 37.8 Å². The molecule has 2 atom stereocenters. The molecular weight excluding hydrogens is 237 g/mol. The highest BCUT2D eigenvalue weighted by molar-refractivity contribution is 5.62. The molecule has 0 bridgehead atoms. The van der Waals surface area contributed by atoms with Crippen molar-refractivity contribution in [2.24, 2.45) is 5.73 Å². The van der Waals surface area contributed by atoms with Crippen LogP contribution in [0.25, 0.3) is 0 Å². The summed E-state index contributed by atoms with van der Waals surface area (Å²) in [5.41, 5.74) is 6.07. The Labute approximate surface area is 104 Å². The van der Waals surface area contributed by atoms with Crippen molar-refractivity contribution < 1.29 is 9.31 Å². The van der Waals surface area contributed by atoms with Gasteiger partial charge >= 0.3 is 0 Å². The van der Waals surface area contributed by atoms with E-state index in [1.165, 1.54) is 12.1 Å². The molecule has 1 aliphatic carbocycles. The van der Waals surface area contributed by atoms with Crippen LogP contribution >= 0.6 is 0 Å². The van der Waals surface area contributed by atoms with Gasteiger partial charge in [0.15, 0.2) is 0 Å². The number of rotatable bonds is 3. The van der Waals surface area contributed by atoms with Gasteiger partial charge in [0.1, 0.15) is 11.5 Å². The average molecular weight is 253 g/mol. The molecular formula is C12H16FN3O2. The van der Waals surface area contributed by atoms with E-state index in [1.54, 1.807) is 0 Å². The predicted molar refractivity (Wildman–Crippen MR) is 66.9 cm³/mol. The van der Waals surface area contributed by atoms with Crippen LogP contribution in [0.5, 0.6) is 0 Å². The van der Waals surface area contributed by atoms with Crippen LogP contribution in [0.3, 0.4) is 0 Å². The van der Waals surface area contributed by atoms with E-state index in [0.29, 0.717) is 5.69 Å². The average Bonchev–Trinajstić information content (AvgIpc) is 2.34. The van der Waals surface area contributed by atoms with E-state index >= 15 is 0 Å². The molecule has 0 heterocycles. The summed E-state index contributed by atoms with van der Waals surface area (Å²) in [6.07, 6.45) is 3.94. The van der Waals surface area contributed by atoms with Crippen LogP contribution in [-0.4, -0.2) is 17.0 Å². The summed E-state index contributed by atoms with van der Waals surface area (Å²) in [5, 5.41) is 13.9. The van der Waals surface area contributed by atoms with Crippen molar-refractivity contribution in [2.75, 3.05) is 5.32 Å². The highest BCUT2D eigenvalue weighted by Gasteiger charge is 2.24. The molecule has 0 aliphatic heterocycles. The van der Waals surface area contributed by atoms with Crippen molar-refractivity contribution >= 4 is 11.4 Å². The van der Waals surface area contributed by atoms with E-state index < -0.39 is 10.7 Å². The smallest absolute Gasteiger partial charge is 0.295 e. The number of hydrogen-bond acceptors (Lipinski definition) is 4. The number of benzene rings is 1. The van der Waals surface area contributed by atoms with E-state index in [-0.39, 0.29) is 17.8 Å². The summed E-state index contributed by atoms with van der Waals surface area (Å²) < 4.78 is 13.0. The van der Waals surface area contributed by atoms with Gasteiger partial charge in [0, 0.05) is 12.1 Å². The molecule has 1 aliphatic rings. The normalized spacial score (nSPS) is 23.7. The molecule has 3 N–H and O–H groups in total. The molecule has 0 aromatic heterocycles. The van der Waals surface area contributed by atoms with Crippen molar-refractivity contribution in [1.82, 2.24) is 0 Å². The highest BCUT2D eigenvalue weighted by Crippen LogP contribution is 2.28. The third-order valence-corrected chi connectivity index (χ3v) is 3.32. The van der Waals surface area contributed by atoms with Crippen LogP contribution in [0.4, 0.5) is 15.8 Å². The first-order chi connectivity index (χ1) is 8.58. The van der Waals surface area contributed by atoms with Crippen LogP contribution < -0.4 is 11.1 Å². The van der Waals surface area contributed by atoms with Crippen LogP contribution in [0.2, 0.25) is 0 Å². The van der Waals surface area contributed by atoms with Crippen molar-refractivity contribution in [3.63, 3.8) is 0 Å². The van der Waals surface area contributed by atoms with Crippen LogP contribution in [-0.2, 0) is 0 Å². The van der Waals surface area contributed by atoms with Gasteiger partial charge in [-0.3, -0.25) is 10.1 Å². The topological polar surface area (TPSA) is 81.2 Å². The van der Waals surface area contributed by atoms with Gasteiger partial charge in [0.25, 0.3) is 5.69 Å². The van der Waals surface area contributed by atoms with E-state index in [2.05, 4.69) is 5.32 Å². The Bertz CT molecular complexity index is 453. The van der Waals surface area contributed by atoms with Gasteiger partial charge in [-0.1, -0.05) is 12.8 Å². The minimum atomic E-state index is -0.611. The first-order valence-electron chi connectivity index (χ1n) is 6.04. The third-order valence-electron chi connectivity index (χ3n) is 3.32. The molecule has 0 saturated heterocycles. The van der Waals surface area contributed by atoms with Crippen LogP contribution in [0, 0.1) is 15.9 Å². The van der Waals surface area contributed by atoms with Crippen molar-refractivity contribution in [3.8, 4) is 0 Å². The zero-order valence-electron chi connectivity index (χ0n) is 9.93. The molecule has 1 aromatic carbocycles. The SMILES string of the molecule is N[C@@H]1CCCC[C@H]1Nc1ccc(F)cc1[N+](=O)[O-]. The lowest BCUT2D eigenvalue weighted by molar-refractivity contribution is -0.384. The summed E-state index contributed by atoms with van der Waals surface area (Å²) in [5.74, 6) is -0.611. The molecule has 6 heteroatoms. The number of nitro groups is 1. The molecule has 1 saturated carbocycles. The lowest BCUT2D eigenvalue weighted by Gasteiger charge is -2.29. The zero-order chi connectivity index (χ0) is 13.1. The Morgan fingerprint density at radius 1 is 1.39 bits per heavy atom. The lowest BCUT2D eigenvalue weighted by atomic mass is 9.91. The van der Waals surface area contributed by atoms with E-state index in [4.69, 9.17) is 5.73 Å². The van der Waals surface area contributed by atoms with E-state index in [0.717, 1.165) is 31.7 Å². The first-order valence-corrected chi connectivity index (χ1v) is 6.04. The standard InChI is InChI=1S/C12H16FN3O2/c13-8-5-6-11(12(7-8)16(17)18)15-10-4-2-1-3-9(10)14/h5-7,9-10,15H,1-4,14H2/t9-,10-/m1/s1. The minimum Gasteiger partial charge on any atom is -0.375 e. The molecule has 0 spiro atoms. The van der Waals surface area contributed by atoms with E-state index in [9.17, 15) is 14.5 Å². The molecule has 2 rings (SSSR count). The number of nitrogens with zero attached hydrogens (tertiary/aromatic N) is 1. The maximum atomic E-state index is 13.0. The Kier molecular flexibility index (Phi) is 3.76. The molecule has 5 nitrogen and oxygen atoms in total. The van der Waals surface area contributed by atoms with Gasteiger partial charge in [-0.15, -0.1) is 0 Å². The van der Waals surface area contributed by atoms with E-state index in [1.807, 2.05) is 0 Å². The highest BCUT2D eigenvalue weighted by atomic mass is 19.1. The van der Waals surface area contributed by atoms with Crippen LogP contribution in [0.15, 0.2) is 18.2 Å². The van der Waals surface area contributed by atoms with Gasteiger partial charge in [-0.25, -0.2) is 4.39 Å². The Hall–Kier alpha value is -1.69. The Morgan fingerprint density at radius 2 is 2.11 bits per heavy atom. The number of anilines is 1. The summed E-state index contributed by atoms with van der Waals surface area (Å²) in [6.45, 7) is 0. The number of halogens is 1. The Morgan fingerprint density at radius 3 is 2.78 bits per heavy atom. The first kappa shape index (κ1) is 12.8. The van der Waals surface area contributed by atoms with Gasteiger partial charge in [-0.2, -0.15) is 0 Å². The molecule has 98 valence electrons. The number of nitrogens with two attached hydrogens (primary N) is 1. The maximum Gasteiger partial charge on any atom is 0.295 e. The minimum absolute atomic E-state index is 0.0107. The summed E-state index contributed by atoms with van der Waals surface area (Å²) >= 11 is 0. The Balaban J connectivity index is 2.20. The van der Waals surface area contributed by atoms with Gasteiger partial charge < -0.3 is 11.1 Å². The van der Waals surface area contributed by atoms with Crippen molar-refractivity contribution in [3.05, 3.63) is 34.1 Å². The van der Waals surface area contributed by atoms with Gasteiger partial charge in [0.05, 0.1) is 11.0 Å².